The van der Waals surface area contributed by atoms with E-state index < -0.39 is 29.4 Å². The highest BCUT2D eigenvalue weighted by Crippen LogP contribution is 2.75. The van der Waals surface area contributed by atoms with E-state index in [1.807, 2.05) is 0 Å². The normalized spacial score (nSPS) is 49.8. The fraction of sp³-hybridized carbons (Fsp3) is 0.853. The van der Waals surface area contributed by atoms with Gasteiger partial charge in [-0.1, -0.05) is 53.2 Å². The summed E-state index contributed by atoms with van der Waals surface area (Å²) in [6, 6.07) is 0. The van der Waals surface area contributed by atoms with E-state index in [2.05, 4.69) is 47.6 Å². The van der Waals surface area contributed by atoms with Crippen molar-refractivity contribution in [2.24, 2.45) is 56.7 Å². The summed E-state index contributed by atoms with van der Waals surface area (Å²) >= 11 is 0. The molecule has 0 aromatic heterocycles. The zero-order chi connectivity index (χ0) is 29.5. The van der Waals surface area contributed by atoms with Crippen molar-refractivity contribution in [2.45, 2.75) is 125 Å². The van der Waals surface area contributed by atoms with E-state index in [-0.39, 0.29) is 35.0 Å². The number of carbonyl (C=O) groups excluding carboxylic acids is 1. The third-order valence-corrected chi connectivity index (χ3v) is 14.3. The van der Waals surface area contributed by atoms with E-state index in [4.69, 9.17) is 9.84 Å². The van der Waals surface area contributed by atoms with Crippen LogP contribution in [0.25, 0.3) is 0 Å². The molecule has 5 rings (SSSR count). The molecule has 0 aliphatic heterocycles. The second-order valence-corrected chi connectivity index (χ2v) is 15.8. The van der Waals surface area contributed by atoms with Crippen LogP contribution in [0, 0.1) is 56.7 Å². The maximum atomic E-state index is 13.0. The zero-order valence-corrected chi connectivity index (χ0v) is 25.8. The van der Waals surface area contributed by atoms with E-state index >= 15 is 0 Å². The number of allylic oxidation sites excluding steroid dienone is 2. The molecule has 40 heavy (non-hydrogen) atoms. The Balaban J connectivity index is 1.49. The maximum Gasteiger partial charge on any atom is 0.313 e. The van der Waals surface area contributed by atoms with Gasteiger partial charge in [0, 0.05) is 0 Å². The van der Waals surface area contributed by atoms with Gasteiger partial charge in [-0.25, -0.2) is 0 Å². The lowest BCUT2D eigenvalue weighted by molar-refractivity contribution is -0.223. The van der Waals surface area contributed by atoms with Crippen LogP contribution in [0.15, 0.2) is 11.6 Å². The average Bonchev–Trinajstić information content (AvgIpc) is 2.87. The first-order chi connectivity index (χ1) is 18.5. The summed E-state index contributed by atoms with van der Waals surface area (Å²) < 4.78 is 5.78. The molecule has 0 spiro atoms. The number of carboxylic acid groups (broad SMARTS) is 2. The van der Waals surface area contributed by atoms with Crippen LogP contribution in [0.5, 0.6) is 0 Å². The molecule has 11 atom stereocenters. The number of ether oxygens (including phenoxy) is 1. The fourth-order valence-electron chi connectivity index (χ4n) is 11.4. The van der Waals surface area contributed by atoms with Crippen molar-refractivity contribution < 1.29 is 29.3 Å². The van der Waals surface area contributed by atoms with Crippen LogP contribution in [0.3, 0.4) is 0 Å². The Kier molecular flexibility index (Phi) is 7.11. The minimum absolute atomic E-state index is 0.0917. The first kappa shape index (κ1) is 29.6. The molecular weight excluding hydrogens is 504 g/mol. The van der Waals surface area contributed by atoms with Gasteiger partial charge in [0.2, 0.25) is 0 Å². The number of aliphatic carboxylic acids is 2. The number of fused-ring (bicyclic) bond motifs is 7. The Bertz CT molecular complexity index is 1110. The minimum Gasteiger partial charge on any atom is -0.481 e. The Labute approximate surface area is 240 Å². The largest absolute Gasteiger partial charge is 0.481 e. The van der Waals surface area contributed by atoms with Crippen LogP contribution in [0.2, 0.25) is 0 Å². The lowest BCUT2D eigenvalue weighted by Gasteiger charge is -2.71. The van der Waals surface area contributed by atoms with Crippen LogP contribution in [0.4, 0.5) is 0 Å². The van der Waals surface area contributed by atoms with Gasteiger partial charge in [-0.15, -0.1) is 0 Å². The fourth-order valence-corrected chi connectivity index (χ4v) is 11.4. The summed E-state index contributed by atoms with van der Waals surface area (Å²) in [5.41, 5.74) is 0.917. The van der Waals surface area contributed by atoms with Crippen LogP contribution in [-0.4, -0.2) is 34.2 Å². The molecule has 0 radical (unpaired) electrons. The van der Waals surface area contributed by atoms with Gasteiger partial charge in [-0.3, -0.25) is 14.4 Å². The lowest BCUT2D eigenvalue weighted by Crippen LogP contribution is -2.66. The highest BCUT2D eigenvalue weighted by atomic mass is 16.5. The topological polar surface area (TPSA) is 101 Å². The predicted molar refractivity (Wildman–Crippen MR) is 153 cm³/mol. The molecule has 2 N–H and O–H groups in total. The van der Waals surface area contributed by atoms with Crippen molar-refractivity contribution in [1.29, 1.82) is 0 Å². The minimum atomic E-state index is -1.20. The number of carbonyl (C=O) groups is 3. The van der Waals surface area contributed by atoms with Crippen molar-refractivity contribution in [2.75, 3.05) is 0 Å². The molecule has 4 saturated carbocycles. The van der Waals surface area contributed by atoms with Crippen molar-refractivity contribution >= 4 is 17.9 Å². The van der Waals surface area contributed by atoms with E-state index in [0.29, 0.717) is 29.6 Å². The zero-order valence-electron chi connectivity index (χ0n) is 25.8. The first-order valence-electron chi connectivity index (χ1n) is 15.9. The second kappa shape index (κ2) is 9.59. The molecule has 5 aliphatic carbocycles. The van der Waals surface area contributed by atoms with Crippen LogP contribution in [-0.2, 0) is 19.1 Å². The molecule has 5 aliphatic rings. The second-order valence-electron chi connectivity index (χ2n) is 15.8. The highest BCUT2D eigenvalue weighted by Gasteiger charge is 2.70. The van der Waals surface area contributed by atoms with Gasteiger partial charge in [-0.05, 0) is 116 Å². The maximum absolute atomic E-state index is 13.0. The average molecular weight is 557 g/mol. The molecular formula is C34H52O6. The third kappa shape index (κ3) is 3.96. The van der Waals surface area contributed by atoms with E-state index in [1.54, 1.807) is 12.5 Å². The summed E-state index contributed by atoms with van der Waals surface area (Å²) in [5, 5.41) is 19.6. The van der Waals surface area contributed by atoms with E-state index in [1.165, 1.54) is 25.7 Å². The lowest BCUT2D eigenvalue weighted by atomic mass is 9.33. The molecule has 0 saturated heterocycles. The standard InChI is InChI=1S/C34H52O6/c1-20-12-15-30(3)18-19-32(5)22(28(30)21(20)2)8-9-23-31(4)16-14-25(40-27(37)11-10-26(35)36)34(7,29(38)39)24(31)13-17-33(23,32)6/h8,20-21,23-25,28H,9-19H2,1-7H3,(H,35,36)(H,38,39)/t20-,21+,23-,24-,25-,28+,30-,31-,32-,33-,34-/m1/s1. The Hall–Kier alpha value is -1.85. The van der Waals surface area contributed by atoms with Crippen molar-refractivity contribution in [3.63, 3.8) is 0 Å². The number of hydrogen-bond donors (Lipinski definition) is 2. The smallest absolute Gasteiger partial charge is 0.313 e. The Morgan fingerprint density at radius 1 is 0.875 bits per heavy atom. The Morgan fingerprint density at radius 2 is 1.57 bits per heavy atom. The summed E-state index contributed by atoms with van der Waals surface area (Å²) in [6.07, 6.45) is 10.6. The molecule has 224 valence electrons. The molecule has 0 amide bonds. The van der Waals surface area contributed by atoms with E-state index in [9.17, 15) is 19.5 Å². The third-order valence-electron chi connectivity index (χ3n) is 14.3. The summed E-state index contributed by atoms with van der Waals surface area (Å²) in [5.74, 6) is -0.258. The van der Waals surface area contributed by atoms with Crippen molar-refractivity contribution in [1.82, 2.24) is 0 Å². The molecule has 0 aromatic carbocycles. The van der Waals surface area contributed by atoms with E-state index in [0.717, 1.165) is 31.6 Å². The number of rotatable bonds is 5. The van der Waals surface area contributed by atoms with Crippen molar-refractivity contribution in [3.05, 3.63) is 11.6 Å². The molecule has 4 fully saturated rings. The molecule has 0 unspecified atom stereocenters. The van der Waals surface area contributed by atoms with Crippen molar-refractivity contribution in [3.8, 4) is 0 Å². The Morgan fingerprint density at radius 3 is 2.23 bits per heavy atom. The van der Waals surface area contributed by atoms with Gasteiger partial charge in [0.1, 0.15) is 11.5 Å². The summed E-state index contributed by atoms with van der Waals surface area (Å²) in [7, 11) is 0. The van der Waals surface area contributed by atoms with Crippen LogP contribution < -0.4 is 0 Å². The van der Waals surface area contributed by atoms with Gasteiger partial charge in [0.25, 0.3) is 0 Å². The summed E-state index contributed by atoms with van der Waals surface area (Å²) in [6.45, 7) is 16.7. The molecule has 0 bridgehead atoms. The molecule has 6 nitrogen and oxygen atoms in total. The number of esters is 1. The number of carboxylic acids is 2. The van der Waals surface area contributed by atoms with Crippen LogP contribution >= 0.6 is 0 Å². The van der Waals surface area contributed by atoms with Gasteiger partial charge in [0.15, 0.2) is 0 Å². The first-order valence-corrected chi connectivity index (χ1v) is 15.9. The van der Waals surface area contributed by atoms with Gasteiger partial charge < -0.3 is 14.9 Å². The monoisotopic (exact) mass is 556 g/mol. The van der Waals surface area contributed by atoms with Gasteiger partial charge in [-0.2, -0.15) is 0 Å². The molecule has 0 aromatic rings. The predicted octanol–water partition coefficient (Wildman–Crippen LogP) is 7.51. The highest BCUT2D eigenvalue weighted by molar-refractivity contribution is 5.79. The quantitative estimate of drug-likeness (QED) is 0.268. The van der Waals surface area contributed by atoms with Gasteiger partial charge >= 0.3 is 17.9 Å². The molecule has 0 heterocycles. The number of hydrogen-bond acceptors (Lipinski definition) is 4. The SMILES string of the molecule is C[C@H]1[C@H](C)CC[C@]2(C)CC[C@]3(C)C(=CC[C@@H]4[C@@]5(C)CC[C@@H](OC(=O)CCC(=O)O)[C@](C)(C(=O)O)[C@@H]5CC[C@]43C)[C@H]12. The molecule has 6 heteroatoms. The van der Waals surface area contributed by atoms with Crippen LogP contribution in [0.1, 0.15) is 119 Å². The van der Waals surface area contributed by atoms with Gasteiger partial charge in [0.05, 0.1) is 12.8 Å². The summed E-state index contributed by atoms with van der Waals surface area (Å²) in [4.78, 5) is 36.5.